The molecule has 5 heteroatoms. The normalized spacial score (nSPS) is 21.3. The highest BCUT2D eigenvalue weighted by atomic mass is 16.1. The zero-order valence-electron chi connectivity index (χ0n) is 15.3. The fourth-order valence-corrected chi connectivity index (χ4v) is 4.17. The summed E-state index contributed by atoms with van der Waals surface area (Å²) < 4.78 is 2.02. The van der Waals surface area contributed by atoms with E-state index in [2.05, 4.69) is 45.6 Å². The van der Waals surface area contributed by atoms with Crippen LogP contribution in [0.25, 0.3) is 0 Å². The number of carbonyl (C=O) groups excluding carboxylic acids is 1. The van der Waals surface area contributed by atoms with Gasteiger partial charge >= 0.3 is 0 Å². The molecular weight excluding hydrogens is 324 g/mol. The molecule has 138 valence electrons. The molecule has 0 spiro atoms. The van der Waals surface area contributed by atoms with Crippen LogP contribution in [0.4, 0.5) is 0 Å². The minimum Gasteiger partial charge on any atom is -0.356 e. The van der Waals surface area contributed by atoms with Gasteiger partial charge in [-0.3, -0.25) is 14.4 Å². The predicted molar refractivity (Wildman–Crippen MR) is 101 cm³/mol. The third-order valence-electron chi connectivity index (χ3n) is 5.84. The number of aryl methyl sites for hydroxylation is 1. The highest BCUT2D eigenvalue weighted by Crippen LogP contribution is 2.21. The first-order valence-corrected chi connectivity index (χ1v) is 9.82. The molecule has 1 aromatic heterocycles. The van der Waals surface area contributed by atoms with Crippen molar-refractivity contribution >= 4 is 5.91 Å². The predicted octanol–water partition coefficient (Wildman–Crippen LogP) is 2.47. The monoisotopic (exact) mass is 352 g/mol. The molecule has 0 radical (unpaired) electrons. The lowest BCUT2D eigenvalue weighted by Crippen LogP contribution is -2.41. The number of aromatic nitrogens is 2. The van der Waals surface area contributed by atoms with Crippen LogP contribution in [-0.2, 0) is 24.3 Å². The number of piperidine rings is 1. The number of amides is 1. The molecule has 0 bridgehead atoms. The second-order valence-corrected chi connectivity index (χ2v) is 7.69. The van der Waals surface area contributed by atoms with E-state index in [1.165, 1.54) is 24.1 Å². The Balaban J connectivity index is 1.19. The molecule has 2 aliphatic heterocycles. The fraction of sp³-hybridized carbons (Fsp3) is 0.524. The quantitative estimate of drug-likeness (QED) is 0.899. The number of hydrogen-bond acceptors (Lipinski definition) is 3. The van der Waals surface area contributed by atoms with Gasteiger partial charge in [-0.25, -0.2) is 0 Å². The van der Waals surface area contributed by atoms with Gasteiger partial charge < -0.3 is 5.32 Å². The second kappa shape index (κ2) is 8.04. The fourth-order valence-electron chi connectivity index (χ4n) is 4.17. The van der Waals surface area contributed by atoms with Gasteiger partial charge in [0, 0.05) is 43.9 Å². The summed E-state index contributed by atoms with van der Waals surface area (Å²) in [6, 6.07) is 12.7. The zero-order chi connectivity index (χ0) is 17.8. The molecule has 3 heterocycles. The topological polar surface area (TPSA) is 50.2 Å². The number of fused-ring (bicyclic) bond motifs is 1. The van der Waals surface area contributed by atoms with Crippen LogP contribution in [0.3, 0.4) is 0 Å². The summed E-state index contributed by atoms with van der Waals surface area (Å²) in [5.41, 5.74) is 2.57. The van der Waals surface area contributed by atoms with Crippen molar-refractivity contribution in [3.8, 4) is 0 Å². The van der Waals surface area contributed by atoms with Gasteiger partial charge in [0.15, 0.2) is 0 Å². The lowest BCUT2D eigenvalue weighted by molar-refractivity contribution is -0.125. The van der Waals surface area contributed by atoms with Gasteiger partial charge in [-0.05, 0) is 49.9 Å². The van der Waals surface area contributed by atoms with Crippen LogP contribution in [0.15, 0.2) is 42.6 Å². The molecule has 1 atom stereocenters. The molecule has 2 aliphatic rings. The molecule has 1 saturated heterocycles. The average Bonchev–Trinajstić information content (AvgIpc) is 3.16. The van der Waals surface area contributed by atoms with E-state index >= 15 is 0 Å². The van der Waals surface area contributed by atoms with Crippen LogP contribution >= 0.6 is 0 Å². The van der Waals surface area contributed by atoms with Crippen molar-refractivity contribution in [3.05, 3.63) is 53.9 Å². The lowest BCUT2D eigenvalue weighted by atomic mass is 9.93. The first-order valence-electron chi connectivity index (χ1n) is 9.82. The number of benzene rings is 1. The highest BCUT2D eigenvalue weighted by molar-refractivity contribution is 5.79. The molecule has 4 rings (SSSR count). The third kappa shape index (κ3) is 4.15. The number of rotatable bonds is 5. The maximum absolute atomic E-state index is 12.5. The molecule has 1 aromatic carbocycles. The summed E-state index contributed by atoms with van der Waals surface area (Å²) >= 11 is 0. The number of hydrogen-bond donors (Lipinski definition) is 1. The Morgan fingerprint density at radius 3 is 2.69 bits per heavy atom. The van der Waals surface area contributed by atoms with E-state index in [0.717, 1.165) is 45.6 Å². The zero-order valence-corrected chi connectivity index (χ0v) is 15.3. The maximum Gasteiger partial charge on any atom is 0.223 e. The molecule has 1 N–H and O–H groups in total. The van der Waals surface area contributed by atoms with E-state index in [-0.39, 0.29) is 11.8 Å². The van der Waals surface area contributed by atoms with Crippen molar-refractivity contribution < 1.29 is 4.79 Å². The van der Waals surface area contributed by atoms with Gasteiger partial charge in [0.05, 0.1) is 0 Å². The van der Waals surface area contributed by atoms with Crippen LogP contribution < -0.4 is 5.32 Å². The van der Waals surface area contributed by atoms with Crippen molar-refractivity contribution in [3.63, 3.8) is 0 Å². The Bertz CT molecular complexity index is 719. The summed E-state index contributed by atoms with van der Waals surface area (Å²) in [4.78, 5) is 15.1. The Kier molecular flexibility index (Phi) is 5.34. The molecule has 2 aromatic rings. The molecule has 1 unspecified atom stereocenters. The van der Waals surface area contributed by atoms with E-state index < -0.39 is 0 Å². The van der Waals surface area contributed by atoms with Crippen molar-refractivity contribution in [2.75, 3.05) is 19.6 Å². The number of nitrogens with one attached hydrogen (secondary N) is 1. The van der Waals surface area contributed by atoms with Crippen LogP contribution in [0.1, 0.15) is 30.5 Å². The van der Waals surface area contributed by atoms with E-state index in [1.807, 2.05) is 16.9 Å². The lowest BCUT2D eigenvalue weighted by Gasteiger charge is -2.32. The van der Waals surface area contributed by atoms with Gasteiger partial charge in [0.1, 0.15) is 0 Å². The van der Waals surface area contributed by atoms with Crippen molar-refractivity contribution in [1.29, 1.82) is 0 Å². The van der Waals surface area contributed by atoms with Crippen LogP contribution in [0.5, 0.6) is 0 Å². The standard InChI is InChI=1S/C21H28N4O/c26-21(19-9-13-25-20(14-19)6-10-23-25)22-15-17-7-11-24(12-8-17)16-18-4-2-1-3-5-18/h1-6,10,17,19H,7-9,11-16H2,(H,22,26). The molecule has 1 amide bonds. The maximum atomic E-state index is 12.5. The molecule has 0 aliphatic carbocycles. The van der Waals surface area contributed by atoms with Crippen LogP contribution in [0.2, 0.25) is 0 Å². The Morgan fingerprint density at radius 2 is 1.88 bits per heavy atom. The van der Waals surface area contributed by atoms with E-state index in [1.54, 1.807) is 0 Å². The summed E-state index contributed by atoms with van der Waals surface area (Å²) in [6.07, 6.45) is 5.89. The summed E-state index contributed by atoms with van der Waals surface area (Å²) in [5.74, 6) is 0.946. The molecule has 26 heavy (non-hydrogen) atoms. The van der Waals surface area contributed by atoms with Gasteiger partial charge in [-0.15, -0.1) is 0 Å². The Labute approximate surface area is 155 Å². The number of carbonyl (C=O) groups is 1. The van der Waals surface area contributed by atoms with E-state index in [9.17, 15) is 4.79 Å². The van der Waals surface area contributed by atoms with Crippen molar-refractivity contribution in [2.45, 2.75) is 38.8 Å². The van der Waals surface area contributed by atoms with E-state index in [4.69, 9.17) is 0 Å². The third-order valence-corrected chi connectivity index (χ3v) is 5.84. The van der Waals surface area contributed by atoms with Crippen molar-refractivity contribution in [2.24, 2.45) is 11.8 Å². The SMILES string of the molecule is O=C(NCC1CCN(Cc2ccccc2)CC1)C1CCn2nccc2C1. The first kappa shape index (κ1) is 17.3. The minimum atomic E-state index is 0.109. The van der Waals surface area contributed by atoms with Gasteiger partial charge in [0.25, 0.3) is 0 Å². The van der Waals surface area contributed by atoms with Crippen molar-refractivity contribution in [1.82, 2.24) is 20.0 Å². The average molecular weight is 352 g/mol. The molecule has 0 saturated carbocycles. The first-order chi connectivity index (χ1) is 12.8. The highest BCUT2D eigenvalue weighted by Gasteiger charge is 2.26. The second-order valence-electron chi connectivity index (χ2n) is 7.69. The van der Waals surface area contributed by atoms with Gasteiger partial charge in [-0.1, -0.05) is 30.3 Å². The number of likely N-dealkylation sites (tertiary alicyclic amines) is 1. The number of nitrogens with zero attached hydrogens (tertiary/aromatic N) is 3. The van der Waals surface area contributed by atoms with E-state index in [0.29, 0.717) is 5.92 Å². The van der Waals surface area contributed by atoms with Gasteiger partial charge in [0.2, 0.25) is 5.91 Å². The Morgan fingerprint density at radius 1 is 1.08 bits per heavy atom. The minimum absolute atomic E-state index is 0.109. The smallest absolute Gasteiger partial charge is 0.223 e. The summed E-state index contributed by atoms with van der Waals surface area (Å²) in [6.45, 7) is 4.97. The van der Waals surface area contributed by atoms with Gasteiger partial charge in [-0.2, -0.15) is 5.10 Å². The summed E-state index contributed by atoms with van der Waals surface area (Å²) in [5, 5.41) is 7.51. The molecule has 5 nitrogen and oxygen atoms in total. The molecular formula is C21H28N4O. The van der Waals surface area contributed by atoms with Crippen LogP contribution in [0, 0.1) is 11.8 Å². The largest absolute Gasteiger partial charge is 0.356 e. The Hall–Kier alpha value is -2.14. The van der Waals surface area contributed by atoms with Crippen LogP contribution in [-0.4, -0.2) is 40.2 Å². The molecule has 1 fully saturated rings. The summed E-state index contributed by atoms with van der Waals surface area (Å²) in [7, 11) is 0.